The zero-order chi connectivity index (χ0) is 14.1. The first kappa shape index (κ1) is 18.8. The van der Waals surface area contributed by atoms with Gasteiger partial charge >= 0.3 is 0 Å². The molecule has 0 aliphatic rings. The van der Waals surface area contributed by atoms with Crippen LogP contribution in [0.1, 0.15) is 32.4 Å². The number of benzene rings is 1. The first-order valence-corrected chi connectivity index (χ1v) is 6.26. The van der Waals surface area contributed by atoms with E-state index >= 15 is 0 Å². The number of hydrogen-bond donors (Lipinski definition) is 4. The Balaban J connectivity index is 0.00000324. The summed E-state index contributed by atoms with van der Waals surface area (Å²) in [6, 6.07) is 2.53. The van der Waals surface area contributed by atoms with Crippen LogP contribution in [0.2, 0.25) is 10.0 Å². The lowest BCUT2D eigenvalue weighted by Crippen LogP contribution is -2.43. The van der Waals surface area contributed by atoms with E-state index in [-0.39, 0.29) is 33.6 Å². The molecule has 0 fully saturated rings. The van der Waals surface area contributed by atoms with Crippen molar-refractivity contribution in [2.45, 2.75) is 32.9 Å². The van der Waals surface area contributed by atoms with Crippen LogP contribution in [0.15, 0.2) is 12.1 Å². The summed E-state index contributed by atoms with van der Waals surface area (Å²) in [5.41, 5.74) is 8.19. The van der Waals surface area contributed by atoms with Crippen LogP contribution in [0.4, 0.5) is 5.69 Å². The average Bonchev–Trinajstić information content (AvgIpc) is 2.23. The Hall–Kier alpha value is -0.230. The van der Waals surface area contributed by atoms with E-state index in [1.165, 1.54) is 0 Å². The fraction of sp³-hybridized carbons (Fsp3) is 0.500. The molecule has 1 aromatic rings. The Bertz CT molecular complexity index is 412. The summed E-state index contributed by atoms with van der Waals surface area (Å²) >= 11 is 11.8. The summed E-state index contributed by atoms with van der Waals surface area (Å²) in [6.45, 7) is 5.68. The smallest absolute Gasteiger partial charge is 0.0971 e. The van der Waals surface area contributed by atoms with Crippen LogP contribution in [-0.2, 0) is 0 Å². The predicted octanol–water partition coefficient (Wildman–Crippen LogP) is 3.42. The van der Waals surface area contributed by atoms with Gasteiger partial charge in [0.2, 0.25) is 0 Å². The second-order valence-corrected chi connectivity index (χ2v) is 6.13. The topological polar surface area (TPSA) is 78.5 Å². The molecular weight excluding hydrogens is 311 g/mol. The highest BCUT2D eigenvalue weighted by molar-refractivity contribution is 6.38. The van der Waals surface area contributed by atoms with Crippen molar-refractivity contribution in [2.24, 2.45) is 5.41 Å². The highest BCUT2D eigenvalue weighted by Crippen LogP contribution is 2.35. The van der Waals surface area contributed by atoms with Gasteiger partial charge in [0.25, 0.3) is 0 Å². The van der Waals surface area contributed by atoms with Crippen LogP contribution in [-0.4, -0.2) is 16.4 Å². The fourth-order valence-electron chi connectivity index (χ4n) is 1.70. The lowest BCUT2D eigenvalue weighted by molar-refractivity contribution is -0.0104. The Kier molecular flexibility index (Phi) is 6.89. The first-order valence-electron chi connectivity index (χ1n) is 5.50. The molecule has 0 radical (unpaired) electrons. The van der Waals surface area contributed by atoms with Gasteiger partial charge in [-0.25, -0.2) is 0 Å². The zero-order valence-corrected chi connectivity index (χ0v) is 13.3. The SMILES string of the molecule is CC(C)(C)C(NO)C(O)c1cc(Cl)c(N)c(Cl)c1.Cl. The van der Waals surface area contributed by atoms with Crippen LogP contribution in [0.25, 0.3) is 0 Å². The summed E-state index contributed by atoms with van der Waals surface area (Å²) in [5.74, 6) is 0. The molecule has 0 saturated heterocycles. The molecule has 0 bridgehead atoms. The van der Waals surface area contributed by atoms with Crippen molar-refractivity contribution >= 4 is 41.3 Å². The number of nitrogens with one attached hydrogen (secondary N) is 1. The molecule has 5 N–H and O–H groups in total. The molecule has 110 valence electrons. The lowest BCUT2D eigenvalue weighted by atomic mass is 9.82. The predicted molar refractivity (Wildman–Crippen MR) is 81.2 cm³/mol. The third-order valence-corrected chi connectivity index (χ3v) is 3.46. The van der Waals surface area contributed by atoms with E-state index in [9.17, 15) is 10.3 Å². The number of anilines is 1. The van der Waals surface area contributed by atoms with Gasteiger partial charge in [-0.2, -0.15) is 5.48 Å². The molecule has 1 aromatic carbocycles. The second kappa shape index (κ2) is 6.97. The molecular formula is C12H19Cl3N2O2. The van der Waals surface area contributed by atoms with E-state index in [1.54, 1.807) is 12.1 Å². The van der Waals surface area contributed by atoms with E-state index < -0.39 is 12.1 Å². The van der Waals surface area contributed by atoms with E-state index in [0.29, 0.717) is 5.56 Å². The monoisotopic (exact) mass is 328 g/mol. The number of aliphatic hydroxyl groups excluding tert-OH is 1. The van der Waals surface area contributed by atoms with Crippen molar-refractivity contribution in [3.8, 4) is 0 Å². The lowest BCUT2D eigenvalue weighted by Gasteiger charge is -2.33. The van der Waals surface area contributed by atoms with Crippen LogP contribution < -0.4 is 11.2 Å². The summed E-state index contributed by atoms with van der Waals surface area (Å²) in [4.78, 5) is 0. The number of nitrogen functional groups attached to an aromatic ring is 1. The van der Waals surface area contributed by atoms with Gasteiger partial charge in [0.1, 0.15) is 0 Å². The molecule has 2 unspecified atom stereocenters. The Labute approximate surface area is 129 Å². The van der Waals surface area contributed by atoms with Crippen LogP contribution in [0, 0.1) is 5.41 Å². The van der Waals surface area contributed by atoms with Crippen molar-refractivity contribution in [1.29, 1.82) is 0 Å². The van der Waals surface area contributed by atoms with E-state index in [0.717, 1.165) is 0 Å². The van der Waals surface area contributed by atoms with Crippen LogP contribution in [0.3, 0.4) is 0 Å². The highest BCUT2D eigenvalue weighted by Gasteiger charge is 2.32. The molecule has 0 saturated carbocycles. The summed E-state index contributed by atoms with van der Waals surface area (Å²) in [7, 11) is 0. The maximum atomic E-state index is 10.3. The van der Waals surface area contributed by atoms with Crippen molar-refractivity contribution in [3.05, 3.63) is 27.7 Å². The maximum Gasteiger partial charge on any atom is 0.0971 e. The summed E-state index contributed by atoms with van der Waals surface area (Å²) < 4.78 is 0. The largest absolute Gasteiger partial charge is 0.396 e. The van der Waals surface area contributed by atoms with Gasteiger partial charge in [-0.3, -0.25) is 0 Å². The summed E-state index contributed by atoms with van der Waals surface area (Å²) in [6.07, 6.45) is -0.953. The minimum absolute atomic E-state index is 0. The quantitative estimate of drug-likeness (QED) is 0.506. The molecule has 0 spiro atoms. The number of aliphatic hydroxyl groups is 1. The first-order chi connectivity index (χ1) is 8.18. The molecule has 1 rings (SSSR count). The van der Waals surface area contributed by atoms with Gasteiger partial charge in [-0.1, -0.05) is 44.0 Å². The van der Waals surface area contributed by atoms with Crippen LogP contribution in [0.5, 0.6) is 0 Å². The molecule has 0 heterocycles. The zero-order valence-electron chi connectivity index (χ0n) is 10.9. The van der Waals surface area contributed by atoms with E-state index in [2.05, 4.69) is 5.48 Å². The maximum absolute atomic E-state index is 10.3. The molecule has 0 aliphatic heterocycles. The second-order valence-electron chi connectivity index (χ2n) is 5.32. The van der Waals surface area contributed by atoms with Crippen LogP contribution >= 0.6 is 35.6 Å². The minimum Gasteiger partial charge on any atom is -0.396 e. The summed E-state index contributed by atoms with van der Waals surface area (Å²) in [5, 5.41) is 20.0. The van der Waals surface area contributed by atoms with Crippen molar-refractivity contribution < 1.29 is 10.3 Å². The van der Waals surface area contributed by atoms with Gasteiger partial charge in [0, 0.05) is 0 Å². The molecule has 4 nitrogen and oxygen atoms in total. The number of hydroxylamine groups is 1. The van der Waals surface area contributed by atoms with Gasteiger partial charge in [0.05, 0.1) is 27.9 Å². The highest BCUT2D eigenvalue weighted by atomic mass is 35.5. The Morgan fingerprint density at radius 2 is 1.63 bits per heavy atom. The third kappa shape index (κ3) is 4.38. The average molecular weight is 330 g/mol. The van der Waals surface area contributed by atoms with E-state index in [1.807, 2.05) is 20.8 Å². The fourth-order valence-corrected chi connectivity index (χ4v) is 2.21. The van der Waals surface area contributed by atoms with Crippen molar-refractivity contribution in [1.82, 2.24) is 5.48 Å². The molecule has 2 atom stereocenters. The standard InChI is InChI=1S/C12H18Cl2N2O2.ClH/c1-12(2,3)11(16-18)10(17)6-4-7(13)9(15)8(14)5-6;/h4-5,10-11,16-18H,15H2,1-3H3;1H. The van der Waals surface area contributed by atoms with Gasteiger partial charge in [-0.05, 0) is 23.1 Å². The number of nitrogens with two attached hydrogens (primary N) is 1. The van der Waals surface area contributed by atoms with Crippen molar-refractivity contribution in [3.63, 3.8) is 0 Å². The number of hydrogen-bond acceptors (Lipinski definition) is 4. The molecule has 0 aliphatic carbocycles. The van der Waals surface area contributed by atoms with Crippen molar-refractivity contribution in [2.75, 3.05) is 5.73 Å². The minimum atomic E-state index is -0.953. The van der Waals surface area contributed by atoms with Gasteiger partial charge < -0.3 is 16.0 Å². The molecule has 0 aromatic heterocycles. The van der Waals surface area contributed by atoms with Gasteiger partial charge in [-0.15, -0.1) is 12.4 Å². The molecule has 19 heavy (non-hydrogen) atoms. The number of halogens is 3. The number of rotatable bonds is 3. The van der Waals surface area contributed by atoms with E-state index in [4.69, 9.17) is 28.9 Å². The van der Waals surface area contributed by atoms with Gasteiger partial charge in [0.15, 0.2) is 0 Å². The third-order valence-electron chi connectivity index (χ3n) is 2.83. The molecule has 7 heteroatoms. The molecule has 0 amide bonds. The Morgan fingerprint density at radius 3 is 1.95 bits per heavy atom. The normalized spacial score (nSPS) is 14.7. The Morgan fingerprint density at radius 1 is 1.21 bits per heavy atom.